The molecule has 0 spiro atoms. The summed E-state index contributed by atoms with van der Waals surface area (Å²) in [5, 5.41) is 14.6. The molecule has 5 heteroatoms. The maximum Gasteiger partial charge on any atom is 0.288 e. The summed E-state index contributed by atoms with van der Waals surface area (Å²) in [6, 6.07) is 3.67. The summed E-state index contributed by atoms with van der Waals surface area (Å²) in [4.78, 5) is 10.4. The molecule has 1 aromatic carbocycles. The third-order valence-corrected chi connectivity index (χ3v) is 4.87. The second-order valence-corrected chi connectivity index (χ2v) is 6.78. The Bertz CT molecular complexity index is 523. The van der Waals surface area contributed by atoms with Crippen LogP contribution in [0.2, 0.25) is 5.02 Å². The van der Waals surface area contributed by atoms with Gasteiger partial charge < -0.3 is 5.32 Å². The number of aryl methyl sites for hydroxylation is 1. The Morgan fingerprint density at radius 2 is 1.90 bits per heavy atom. The van der Waals surface area contributed by atoms with E-state index in [9.17, 15) is 10.1 Å². The number of nitro groups is 1. The molecule has 0 aromatic heterocycles. The molecule has 116 valence electrons. The molecule has 1 N–H and O–H groups in total. The van der Waals surface area contributed by atoms with Gasteiger partial charge in [0.25, 0.3) is 5.69 Å². The number of benzene rings is 1. The lowest BCUT2D eigenvalue weighted by atomic mass is 9.79. The maximum atomic E-state index is 10.9. The minimum Gasteiger partial charge on any atom is -0.382 e. The molecule has 0 saturated heterocycles. The highest BCUT2D eigenvalue weighted by Gasteiger charge is 2.24. The van der Waals surface area contributed by atoms with Crippen molar-refractivity contribution in [1.82, 2.24) is 0 Å². The van der Waals surface area contributed by atoms with Crippen LogP contribution in [0.25, 0.3) is 0 Å². The number of hydrogen-bond acceptors (Lipinski definition) is 3. The van der Waals surface area contributed by atoms with Gasteiger partial charge in [-0.15, -0.1) is 0 Å². The zero-order chi connectivity index (χ0) is 15.6. The summed E-state index contributed by atoms with van der Waals surface area (Å²) in [6.07, 6.45) is 4.79. The number of hydrogen-bond donors (Lipinski definition) is 1. The van der Waals surface area contributed by atoms with Crippen molar-refractivity contribution in [2.24, 2.45) is 11.8 Å². The van der Waals surface area contributed by atoms with Crippen molar-refractivity contribution in [3.8, 4) is 0 Å². The molecule has 1 aromatic rings. The quantitative estimate of drug-likeness (QED) is 0.615. The average Bonchev–Trinajstić information content (AvgIpc) is 2.42. The van der Waals surface area contributed by atoms with Gasteiger partial charge in [-0.2, -0.15) is 0 Å². The summed E-state index contributed by atoms with van der Waals surface area (Å²) >= 11 is 6.00. The molecule has 0 radical (unpaired) electrons. The third kappa shape index (κ3) is 3.88. The molecule has 0 amide bonds. The van der Waals surface area contributed by atoms with Crippen molar-refractivity contribution in [1.29, 1.82) is 0 Å². The number of nitrogens with one attached hydrogen (secondary N) is 1. The lowest BCUT2D eigenvalue weighted by Gasteiger charge is -2.32. The molecule has 1 aliphatic rings. The van der Waals surface area contributed by atoms with Crippen LogP contribution in [0, 0.1) is 28.9 Å². The van der Waals surface area contributed by atoms with Crippen LogP contribution in [-0.4, -0.2) is 11.0 Å². The molecule has 21 heavy (non-hydrogen) atoms. The molecular weight excluding hydrogens is 288 g/mol. The summed E-state index contributed by atoms with van der Waals surface area (Å²) in [5.41, 5.74) is 1.76. The Morgan fingerprint density at radius 1 is 1.29 bits per heavy atom. The molecule has 0 bridgehead atoms. The smallest absolute Gasteiger partial charge is 0.288 e. The highest BCUT2D eigenvalue weighted by atomic mass is 35.5. The zero-order valence-electron chi connectivity index (χ0n) is 12.9. The second-order valence-electron chi connectivity index (χ2n) is 6.38. The van der Waals surface area contributed by atoms with Gasteiger partial charge in [0.2, 0.25) is 0 Å². The van der Waals surface area contributed by atoms with Crippen LogP contribution >= 0.6 is 11.6 Å². The molecule has 1 aliphatic carbocycles. The van der Waals surface area contributed by atoms with Gasteiger partial charge in [-0.1, -0.05) is 25.4 Å². The maximum absolute atomic E-state index is 10.9. The topological polar surface area (TPSA) is 55.2 Å². The van der Waals surface area contributed by atoms with Gasteiger partial charge in [0.1, 0.15) is 5.02 Å². The molecule has 0 atom stereocenters. The fourth-order valence-electron chi connectivity index (χ4n) is 3.11. The highest BCUT2D eigenvalue weighted by molar-refractivity contribution is 6.33. The van der Waals surface area contributed by atoms with Crippen molar-refractivity contribution in [3.05, 3.63) is 32.8 Å². The first kappa shape index (κ1) is 16.1. The Hall–Kier alpha value is -1.29. The van der Waals surface area contributed by atoms with E-state index in [1.807, 2.05) is 6.92 Å². The summed E-state index contributed by atoms with van der Waals surface area (Å²) < 4.78 is 0. The van der Waals surface area contributed by atoms with Gasteiger partial charge in [-0.25, -0.2) is 0 Å². The number of anilines is 1. The Balaban J connectivity index is 2.04. The van der Waals surface area contributed by atoms with E-state index in [4.69, 9.17) is 11.6 Å². The minimum absolute atomic E-state index is 0.0248. The van der Waals surface area contributed by atoms with Crippen LogP contribution in [0.1, 0.15) is 45.1 Å². The second kappa shape index (κ2) is 6.65. The third-order valence-electron chi connectivity index (χ3n) is 4.56. The van der Waals surface area contributed by atoms with Gasteiger partial charge in [0, 0.05) is 17.8 Å². The lowest BCUT2D eigenvalue weighted by molar-refractivity contribution is -0.384. The number of halogens is 1. The van der Waals surface area contributed by atoms with Crippen molar-refractivity contribution in [2.75, 3.05) is 5.32 Å². The normalized spacial score (nSPS) is 22.3. The number of rotatable bonds is 4. The van der Waals surface area contributed by atoms with E-state index in [2.05, 4.69) is 19.2 Å². The van der Waals surface area contributed by atoms with Crippen LogP contribution < -0.4 is 5.32 Å². The van der Waals surface area contributed by atoms with Crippen molar-refractivity contribution in [3.63, 3.8) is 0 Å². The van der Waals surface area contributed by atoms with E-state index in [0.29, 0.717) is 6.04 Å². The van der Waals surface area contributed by atoms with E-state index in [1.54, 1.807) is 12.1 Å². The van der Waals surface area contributed by atoms with Crippen LogP contribution in [0.4, 0.5) is 11.4 Å². The Kier molecular flexibility index (Phi) is 5.09. The molecule has 0 aliphatic heterocycles. The fraction of sp³-hybridized carbons (Fsp3) is 0.625. The van der Waals surface area contributed by atoms with E-state index in [0.717, 1.165) is 35.9 Å². The van der Waals surface area contributed by atoms with Crippen LogP contribution in [0.15, 0.2) is 12.1 Å². The van der Waals surface area contributed by atoms with E-state index < -0.39 is 4.92 Å². The van der Waals surface area contributed by atoms with Crippen molar-refractivity contribution >= 4 is 23.0 Å². The average molecular weight is 311 g/mol. The SMILES string of the molecule is Cc1cc([N+](=O)[O-])c(Cl)cc1NC1CCC(C(C)C)CC1. The van der Waals surface area contributed by atoms with Gasteiger partial charge in [-0.3, -0.25) is 10.1 Å². The minimum atomic E-state index is -0.438. The lowest BCUT2D eigenvalue weighted by Crippen LogP contribution is -2.28. The van der Waals surface area contributed by atoms with Gasteiger partial charge >= 0.3 is 0 Å². The molecule has 0 heterocycles. The van der Waals surface area contributed by atoms with E-state index in [-0.39, 0.29) is 10.7 Å². The summed E-state index contributed by atoms with van der Waals surface area (Å²) in [5.74, 6) is 1.58. The van der Waals surface area contributed by atoms with Crippen LogP contribution in [-0.2, 0) is 0 Å². The molecule has 1 saturated carbocycles. The van der Waals surface area contributed by atoms with Gasteiger partial charge in [-0.05, 0) is 56.1 Å². The summed E-state index contributed by atoms with van der Waals surface area (Å²) in [7, 11) is 0. The largest absolute Gasteiger partial charge is 0.382 e. The van der Waals surface area contributed by atoms with Crippen LogP contribution in [0.3, 0.4) is 0 Å². The van der Waals surface area contributed by atoms with Crippen LogP contribution in [0.5, 0.6) is 0 Å². The van der Waals surface area contributed by atoms with Crippen molar-refractivity contribution < 1.29 is 4.92 Å². The molecular formula is C16H23ClN2O2. The molecule has 4 nitrogen and oxygen atoms in total. The number of nitrogens with zero attached hydrogens (tertiary/aromatic N) is 1. The Labute approximate surface area is 131 Å². The zero-order valence-corrected chi connectivity index (χ0v) is 13.6. The predicted molar refractivity (Wildman–Crippen MR) is 87.1 cm³/mol. The number of nitro benzene ring substituents is 1. The van der Waals surface area contributed by atoms with Gasteiger partial charge in [0.05, 0.1) is 4.92 Å². The van der Waals surface area contributed by atoms with E-state index in [1.165, 1.54) is 12.8 Å². The summed E-state index contributed by atoms with van der Waals surface area (Å²) in [6.45, 7) is 6.46. The highest BCUT2D eigenvalue weighted by Crippen LogP contribution is 2.34. The predicted octanol–water partition coefficient (Wildman–Crippen LogP) is 5.18. The Morgan fingerprint density at radius 3 is 2.43 bits per heavy atom. The van der Waals surface area contributed by atoms with Crippen molar-refractivity contribution in [2.45, 2.75) is 52.5 Å². The fourth-order valence-corrected chi connectivity index (χ4v) is 3.34. The molecule has 1 fully saturated rings. The first-order valence-electron chi connectivity index (χ1n) is 7.59. The van der Waals surface area contributed by atoms with E-state index >= 15 is 0 Å². The monoisotopic (exact) mass is 310 g/mol. The molecule has 0 unspecified atom stereocenters. The standard InChI is InChI=1S/C16H23ClN2O2/c1-10(2)12-4-6-13(7-5-12)18-15-9-14(17)16(19(20)21)8-11(15)3/h8-10,12-13,18H,4-7H2,1-3H3. The van der Waals surface area contributed by atoms with Gasteiger partial charge in [0.15, 0.2) is 0 Å². The first-order chi connectivity index (χ1) is 9.88. The molecule has 2 rings (SSSR count). The first-order valence-corrected chi connectivity index (χ1v) is 7.97.